The number of nitrogens with zero attached hydrogens (tertiary/aromatic N) is 2. The lowest BCUT2D eigenvalue weighted by molar-refractivity contribution is 0.383. The van der Waals surface area contributed by atoms with Crippen LogP contribution in [0, 0.1) is 0 Å². The molecule has 218 valence electrons. The summed E-state index contributed by atoms with van der Waals surface area (Å²) < 4.78 is 26.5. The van der Waals surface area contributed by atoms with Crippen molar-refractivity contribution >= 4 is 74.2 Å². The zero-order valence-electron chi connectivity index (χ0n) is 26.8. The van der Waals surface area contributed by atoms with Crippen molar-refractivity contribution in [2.45, 2.75) is 117 Å². The van der Waals surface area contributed by atoms with Crippen LogP contribution in [-0.2, 0) is 16.5 Å². The predicted octanol–water partition coefficient (Wildman–Crippen LogP) is 9.42. The maximum atomic E-state index is 6.62. The Morgan fingerprint density at radius 3 is 1.00 bits per heavy atom. The Labute approximate surface area is 240 Å². The molecule has 0 spiro atoms. The van der Waals surface area contributed by atoms with Gasteiger partial charge in [0.2, 0.25) is 0 Å². The van der Waals surface area contributed by atoms with Crippen LogP contribution in [0.25, 0.3) is 0 Å². The lowest BCUT2D eigenvalue weighted by Crippen LogP contribution is -2.52. The minimum absolute atomic E-state index is 0.835. The zero-order chi connectivity index (χ0) is 29.5. The third-order valence-electron chi connectivity index (χ3n) is 4.89. The van der Waals surface area contributed by atoms with Gasteiger partial charge >= 0.3 is 17.1 Å². The molecule has 0 heterocycles. The van der Waals surface area contributed by atoms with Crippen LogP contribution in [-0.4, -0.2) is 62.8 Å². The summed E-state index contributed by atoms with van der Waals surface area (Å²) in [6.07, 6.45) is 5.69. The molecular weight excluding hydrogens is 573 g/mol. The number of rotatable bonds is 16. The van der Waals surface area contributed by atoms with Crippen molar-refractivity contribution in [2.24, 2.45) is 9.98 Å². The first-order valence-electron chi connectivity index (χ1n) is 13.9. The molecule has 0 saturated carbocycles. The summed E-state index contributed by atoms with van der Waals surface area (Å²) in [6.45, 7) is 31.4. The molecular formula is C26H56N2O4Si6. The number of aliphatic imine (C=N–C) groups is 2. The molecule has 38 heavy (non-hydrogen) atoms. The second-order valence-corrected chi connectivity index (χ2v) is 40.0. The monoisotopic (exact) mass is 628 g/mol. The highest BCUT2D eigenvalue weighted by atomic mass is 28.5. The van der Waals surface area contributed by atoms with Gasteiger partial charge in [0, 0.05) is 12.4 Å². The Morgan fingerprint density at radius 2 is 0.763 bits per heavy atom. The van der Waals surface area contributed by atoms with Crippen LogP contribution in [0.5, 0.6) is 0 Å². The van der Waals surface area contributed by atoms with E-state index in [1.807, 2.05) is 36.7 Å². The fourth-order valence-electron chi connectivity index (χ4n) is 4.50. The summed E-state index contributed by atoms with van der Waals surface area (Å²) in [4.78, 5) is 9.58. The van der Waals surface area contributed by atoms with Gasteiger partial charge in [-0.25, -0.2) is 0 Å². The summed E-state index contributed by atoms with van der Waals surface area (Å²) >= 11 is 0. The van der Waals surface area contributed by atoms with Crippen molar-refractivity contribution in [2.75, 3.05) is 0 Å². The molecule has 0 aliphatic rings. The van der Waals surface area contributed by atoms with Gasteiger partial charge in [0.15, 0.2) is 33.3 Å². The SMILES string of the molecule is C[Si](C)(C)O[Si](C)(CCC=Nc1ccccc1N=CCC[Si](C)(O[Si](C)(C)C)O[Si](C)(C)C)O[Si](C)(C)C. The summed E-state index contributed by atoms with van der Waals surface area (Å²) in [7, 11) is -11.3. The number of para-hydroxylation sites is 2. The van der Waals surface area contributed by atoms with Crippen LogP contribution in [0.2, 0.25) is 104 Å². The number of hydrogen-bond acceptors (Lipinski definition) is 6. The Balaban J connectivity index is 2.90. The molecule has 0 aliphatic carbocycles. The van der Waals surface area contributed by atoms with Crippen LogP contribution >= 0.6 is 0 Å². The largest absolute Gasteiger partial charge is 0.437 e. The molecule has 1 rings (SSSR count). The molecule has 0 atom stereocenters. The quantitative estimate of drug-likeness (QED) is 0.135. The van der Waals surface area contributed by atoms with Crippen LogP contribution in [0.1, 0.15) is 12.8 Å². The minimum atomic E-state index is -2.26. The fraction of sp³-hybridized carbons (Fsp3) is 0.692. The Kier molecular flexibility index (Phi) is 13.2. The van der Waals surface area contributed by atoms with Gasteiger partial charge in [-0.2, -0.15) is 0 Å². The van der Waals surface area contributed by atoms with Gasteiger partial charge in [0.25, 0.3) is 0 Å². The average molecular weight is 629 g/mol. The van der Waals surface area contributed by atoms with Gasteiger partial charge in [0.05, 0.1) is 11.4 Å². The standard InChI is InChI=1S/C26H56N2O4Si6/c1-33(2,3)29-37(13,30-34(4,5)6)23-17-21-27-25-19-15-16-20-26(25)28-22-18-24-38(14,31-35(7,8)9)32-36(10,11)12/h15-16,19-22H,17-18,23-24H2,1-14H3. The van der Waals surface area contributed by atoms with Gasteiger partial charge < -0.3 is 16.5 Å². The van der Waals surface area contributed by atoms with Gasteiger partial charge in [-0.05, 0) is 129 Å². The first kappa shape index (κ1) is 35.7. The second-order valence-electron chi connectivity index (χ2n) is 14.3. The maximum Gasteiger partial charge on any atom is 0.314 e. The summed E-state index contributed by atoms with van der Waals surface area (Å²) in [6, 6.07) is 9.90. The highest BCUT2D eigenvalue weighted by Crippen LogP contribution is 2.29. The zero-order valence-corrected chi connectivity index (χ0v) is 32.8. The molecule has 0 saturated heterocycles. The van der Waals surface area contributed by atoms with Gasteiger partial charge in [-0.3, -0.25) is 9.98 Å². The Hall–Kier alpha value is -0.299. The second kappa shape index (κ2) is 14.1. The third-order valence-corrected chi connectivity index (χ3v) is 24.0. The lowest BCUT2D eigenvalue weighted by Gasteiger charge is -2.38. The summed E-state index contributed by atoms with van der Waals surface area (Å²) in [5.41, 5.74) is 1.78. The predicted molar refractivity (Wildman–Crippen MR) is 183 cm³/mol. The van der Waals surface area contributed by atoms with Gasteiger partial charge in [-0.15, -0.1) is 0 Å². The van der Waals surface area contributed by atoms with Gasteiger partial charge in [-0.1, -0.05) is 12.1 Å². The van der Waals surface area contributed by atoms with E-state index in [2.05, 4.69) is 91.7 Å². The van der Waals surface area contributed by atoms with Crippen molar-refractivity contribution in [3.8, 4) is 0 Å². The third kappa shape index (κ3) is 16.7. The summed E-state index contributed by atoms with van der Waals surface area (Å²) in [5, 5.41) is 0. The highest BCUT2D eigenvalue weighted by Gasteiger charge is 2.40. The van der Waals surface area contributed by atoms with Crippen molar-refractivity contribution in [1.29, 1.82) is 0 Å². The van der Waals surface area contributed by atoms with E-state index in [4.69, 9.17) is 26.4 Å². The summed E-state index contributed by atoms with van der Waals surface area (Å²) in [5.74, 6) is 0. The smallest absolute Gasteiger partial charge is 0.314 e. The van der Waals surface area contributed by atoms with Crippen molar-refractivity contribution in [1.82, 2.24) is 0 Å². The molecule has 0 aromatic heterocycles. The normalized spacial score (nSPS) is 14.7. The first-order valence-corrected chi connectivity index (χ1v) is 32.6. The molecule has 0 bridgehead atoms. The van der Waals surface area contributed by atoms with Crippen LogP contribution in [0.4, 0.5) is 11.4 Å². The topological polar surface area (TPSA) is 61.6 Å². The number of benzene rings is 1. The van der Waals surface area contributed by atoms with E-state index in [9.17, 15) is 0 Å². The molecule has 0 aliphatic heterocycles. The number of hydrogen-bond donors (Lipinski definition) is 0. The van der Waals surface area contributed by atoms with E-state index in [0.29, 0.717) is 0 Å². The molecule has 6 nitrogen and oxygen atoms in total. The van der Waals surface area contributed by atoms with Crippen molar-refractivity contribution in [3.63, 3.8) is 0 Å². The molecule has 12 heteroatoms. The van der Waals surface area contributed by atoms with E-state index < -0.39 is 50.4 Å². The fourth-order valence-corrected chi connectivity index (χ4v) is 29.2. The highest BCUT2D eigenvalue weighted by molar-refractivity contribution is 6.88. The molecule has 1 aromatic rings. The molecule has 0 fully saturated rings. The molecule has 1 aromatic carbocycles. The minimum Gasteiger partial charge on any atom is -0.437 e. The van der Waals surface area contributed by atoms with Crippen LogP contribution in [0.3, 0.4) is 0 Å². The van der Waals surface area contributed by atoms with Crippen LogP contribution in [0.15, 0.2) is 34.3 Å². The van der Waals surface area contributed by atoms with Crippen molar-refractivity contribution < 1.29 is 16.5 Å². The van der Waals surface area contributed by atoms with E-state index in [-0.39, 0.29) is 0 Å². The van der Waals surface area contributed by atoms with E-state index >= 15 is 0 Å². The Bertz CT molecular complexity index is 824. The lowest BCUT2D eigenvalue weighted by atomic mass is 10.3. The van der Waals surface area contributed by atoms with Gasteiger partial charge in [0.1, 0.15) is 0 Å². The maximum absolute atomic E-state index is 6.62. The average Bonchev–Trinajstić information content (AvgIpc) is 2.63. The van der Waals surface area contributed by atoms with Crippen LogP contribution < -0.4 is 0 Å². The van der Waals surface area contributed by atoms with E-state index in [0.717, 1.165) is 36.3 Å². The molecule has 0 unspecified atom stereocenters. The Morgan fingerprint density at radius 1 is 0.500 bits per heavy atom. The first-order chi connectivity index (χ1) is 17.0. The van der Waals surface area contributed by atoms with Crippen molar-refractivity contribution in [3.05, 3.63) is 24.3 Å². The van der Waals surface area contributed by atoms with E-state index in [1.165, 1.54) is 0 Å². The molecule has 0 N–H and O–H groups in total. The molecule has 0 amide bonds. The molecule has 0 radical (unpaired) electrons. The van der Waals surface area contributed by atoms with E-state index in [1.54, 1.807) is 0 Å².